The molecule has 7 rings (SSSR count). The van der Waals surface area contributed by atoms with Crippen molar-refractivity contribution in [1.82, 2.24) is 34.1 Å². The molecule has 0 amide bonds. The Hall–Kier alpha value is -5.35. The molecule has 0 unspecified atom stereocenters. The van der Waals surface area contributed by atoms with Crippen molar-refractivity contribution in [3.05, 3.63) is 123 Å². The Morgan fingerprint density at radius 3 is 2.61 bits per heavy atom. The normalized spacial score (nSPS) is 12.2. The summed E-state index contributed by atoms with van der Waals surface area (Å²) < 4.78 is 3.28. The van der Waals surface area contributed by atoms with E-state index in [-0.39, 0.29) is 11.0 Å². The van der Waals surface area contributed by atoms with Crippen LogP contribution in [-0.2, 0) is 0 Å². The third kappa shape index (κ3) is 4.04. The summed E-state index contributed by atoms with van der Waals surface area (Å²) in [6.45, 7) is 1.87. The molecule has 0 saturated carbocycles. The number of nitrogens with one attached hydrogen (secondary N) is 2. The number of aromatic amines is 1. The van der Waals surface area contributed by atoms with Gasteiger partial charge < -0.3 is 10.3 Å². The summed E-state index contributed by atoms with van der Waals surface area (Å²) in [7, 11) is 0. The highest BCUT2D eigenvalue weighted by atomic mass is 35.5. The molecule has 11 heteroatoms. The molecule has 0 saturated heterocycles. The maximum Gasteiger partial charge on any atom is 0.263 e. The number of para-hydroxylation sites is 1. The first-order chi connectivity index (χ1) is 20.0. The number of halogens is 1. The van der Waals surface area contributed by atoms with Crippen molar-refractivity contribution in [2.24, 2.45) is 0 Å². The van der Waals surface area contributed by atoms with Crippen molar-refractivity contribution in [3.63, 3.8) is 0 Å². The van der Waals surface area contributed by atoms with Crippen LogP contribution < -0.4 is 16.3 Å². The van der Waals surface area contributed by atoms with E-state index < -0.39 is 6.04 Å². The van der Waals surface area contributed by atoms with E-state index >= 15 is 0 Å². The zero-order chi connectivity index (χ0) is 28.1. The number of rotatable bonds is 5. The third-order valence-corrected chi connectivity index (χ3v) is 7.49. The molecule has 7 aromatic rings. The van der Waals surface area contributed by atoms with Gasteiger partial charge in [0.25, 0.3) is 5.56 Å². The van der Waals surface area contributed by atoms with E-state index in [9.17, 15) is 9.59 Å². The summed E-state index contributed by atoms with van der Waals surface area (Å²) in [6.07, 6.45) is 6.23. The van der Waals surface area contributed by atoms with Crippen LogP contribution in [0, 0.1) is 0 Å². The predicted octanol–water partition coefficient (Wildman–Crippen LogP) is 5.16. The number of H-pyrrole nitrogens is 1. The van der Waals surface area contributed by atoms with E-state index in [1.165, 1.54) is 24.9 Å². The SMILES string of the molecule is C[C@H](Nc1ncnc2[nH]ccc(=O)c12)c1c(Cl)c2cccc(-c3ccc4ncnn4c3)c2c(=O)n1-c1ccccc1. The lowest BCUT2D eigenvalue weighted by atomic mass is 9.98. The lowest BCUT2D eigenvalue weighted by Gasteiger charge is -2.24. The minimum Gasteiger partial charge on any atom is -0.361 e. The number of benzene rings is 2. The first kappa shape index (κ1) is 24.7. The van der Waals surface area contributed by atoms with Crippen molar-refractivity contribution < 1.29 is 0 Å². The Bertz CT molecular complexity index is 2220. The van der Waals surface area contributed by atoms with Gasteiger partial charge >= 0.3 is 0 Å². The molecule has 41 heavy (non-hydrogen) atoms. The lowest BCUT2D eigenvalue weighted by molar-refractivity contribution is 0.774. The molecule has 0 bridgehead atoms. The summed E-state index contributed by atoms with van der Waals surface area (Å²) in [5.41, 5.74) is 3.33. The number of fused-ring (bicyclic) bond motifs is 3. The van der Waals surface area contributed by atoms with Gasteiger partial charge in [0.15, 0.2) is 11.1 Å². The Morgan fingerprint density at radius 1 is 0.902 bits per heavy atom. The second-order valence-corrected chi connectivity index (χ2v) is 9.92. The van der Waals surface area contributed by atoms with E-state index in [1.807, 2.05) is 73.8 Å². The molecular formula is C30H21ClN8O2. The Labute approximate surface area is 236 Å². The average molecular weight is 561 g/mol. The molecule has 200 valence electrons. The van der Waals surface area contributed by atoms with E-state index in [4.69, 9.17) is 11.6 Å². The molecule has 0 aliphatic carbocycles. The molecular weight excluding hydrogens is 540 g/mol. The number of nitrogens with zero attached hydrogens (tertiary/aromatic N) is 6. The quantitative estimate of drug-likeness (QED) is 0.298. The number of aromatic nitrogens is 7. The monoisotopic (exact) mass is 560 g/mol. The van der Waals surface area contributed by atoms with Crippen molar-refractivity contribution in [2.75, 3.05) is 5.32 Å². The number of hydrogen-bond acceptors (Lipinski definition) is 7. The van der Waals surface area contributed by atoms with Crippen LogP contribution in [0.4, 0.5) is 5.82 Å². The molecule has 1 atom stereocenters. The maximum absolute atomic E-state index is 14.5. The molecule has 2 N–H and O–H groups in total. The zero-order valence-corrected chi connectivity index (χ0v) is 22.4. The van der Waals surface area contributed by atoms with Gasteiger partial charge in [-0.2, -0.15) is 5.10 Å². The molecule has 10 nitrogen and oxygen atoms in total. The van der Waals surface area contributed by atoms with E-state index in [0.717, 1.165) is 11.1 Å². The number of hydrogen-bond donors (Lipinski definition) is 2. The molecule has 5 heterocycles. The molecule has 0 fully saturated rings. The fourth-order valence-corrected chi connectivity index (χ4v) is 5.65. The predicted molar refractivity (Wildman–Crippen MR) is 159 cm³/mol. The second-order valence-electron chi connectivity index (χ2n) is 9.54. The number of pyridine rings is 3. The first-order valence-electron chi connectivity index (χ1n) is 12.8. The minimum absolute atomic E-state index is 0.229. The van der Waals surface area contributed by atoms with E-state index in [1.54, 1.807) is 9.08 Å². The molecule has 5 aromatic heterocycles. The van der Waals surface area contributed by atoms with E-state index in [2.05, 4.69) is 30.4 Å². The summed E-state index contributed by atoms with van der Waals surface area (Å²) in [6, 6.07) is 19.6. The van der Waals surface area contributed by atoms with Crippen molar-refractivity contribution in [3.8, 4) is 16.8 Å². The second kappa shape index (κ2) is 9.68. The summed E-state index contributed by atoms with van der Waals surface area (Å²) >= 11 is 7.19. The van der Waals surface area contributed by atoms with Crippen LogP contribution in [0.5, 0.6) is 0 Å². The molecule has 0 aliphatic heterocycles. The largest absolute Gasteiger partial charge is 0.361 e. The Kier molecular flexibility index (Phi) is 5.83. The van der Waals surface area contributed by atoms with Crippen LogP contribution in [0.1, 0.15) is 18.7 Å². The van der Waals surface area contributed by atoms with Crippen LogP contribution in [0.25, 0.3) is 44.3 Å². The highest BCUT2D eigenvalue weighted by Crippen LogP contribution is 2.36. The van der Waals surface area contributed by atoms with Crippen molar-refractivity contribution in [1.29, 1.82) is 0 Å². The number of anilines is 1. The Balaban J connectivity index is 1.48. The van der Waals surface area contributed by atoms with Crippen molar-refractivity contribution in [2.45, 2.75) is 13.0 Å². The summed E-state index contributed by atoms with van der Waals surface area (Å²) in [4.78, 5) is 42.9. The highest BCUT2D eigenvalue weighted by Gasteiger charge is 2.24. The van der Waals surface area contributed by atoms with Gasteiger partial charge in [-0.05, 0) is 36.8 Å². The lowest BCUT2D eigenvalue weighted by Crippen LogP contribution is -2.27. The smallest absolute Gasteiger partial charge is 0.263 e. The van der Waals surface area contributed by atoms with E-state index in [0.29, 0.717) is 49.7 Å². The van der Waals surface area contributed by atoms with Crippen LogP contribution in [0.15, 0.2) is 101 Å². The van der Waals surface area contributed by atoms with Crippen LogP contribution in [0.2, 0.25) is 5.02 Å². The van der Waals surface area contributed by atoms with Crippen molar-refractivity contribution >= 4 is 44.9 Å². The van der Waals surface area contributed by atoms with Gasteiger partial charge in [0, 0.05) is 35.1 Å². The zero-order valence-electron chi connectivity index (χ0n) is 21.6. The Morgan fingerprint density at radius 2 is 1.76 bits per heavy atom. The molecule has 0 radical (unpaired) electrons. The minimum atomic E-state index is -0.535. The van der Waals surface area contributed by atoms with Gasteiger partial charge in [-0.1, -0.05) is 48.0 Å². The van der Waals surface area contributed by atoms with Gasteiger partial charge in [-0.25, -0.2) is 19.5 Å². The maximum atomic E-state index is 14.5. The molecule has 0 spiro atoms. The van der Waals surface area contributed by atoms with Gasteiger partial charge in [0.2, 0.25) is 0 Å². The van der Waals surface area contributed by atoms with Gasteiger partial charge in [-0.3, -0.25) is 14.2 Å². The third-order valence-electron chi connectivity index (χ3n) is 7.09. The first-order valence-corrected chi connectivity index (χ1v) is 13.2. The fourth-order valence-electron chi connectivity index (χ4n) is 5.25. The van der Waals surface area contributed by atoms with Gasteiger partial charge in [0.1, 0.15) is 29.5 Å². The van der Waals surface area contributed by atoms with Crippen LogP contribution in [0.3, 0.4) is 0 Å². The standard InChI is InChI=1S/C30H21ClN8O2/c1-17(37-29-25-22(40)12-13-32-28(25)34-15-35-29)27-26(31)21-9-5-8-20(18-10-11-23-33-16-36-38(23)14-18)24(21)30(41)39(27)19-6-3-2-4-7-19/h2-17H,1H3,(H2,32,34,35,37,40)/t17-/m0/s1. The van der Waals surface area contributed by atoms with Gasteiger partial charge in [0.05, 0.1) is 22.1 Å². The highest BCUT2D eigenvalue weighted by molar-refractivity contribution is 6.36. The molecule has 0 aliphatic rings. The summed E-state index contributed by atoms with van der Waals surface area (Å²) in [5, 5.41) is 9.36. The topological polar surface area (TPSA) is 123 Å². The summed E-state index contributed by atoms with van der Waals surface area (Å²) in [5.74, 6) is 0.336. The van der Waals surface area contributed by atoms with Gasteiger partial charge in [-0.15, -0.1) is 0 Å². The van der Waals surface area contributed by atoms with Crippen LogP contribution >= 0.6 is 11.6 Å². The fraction of sp³-hybridized carbons (Fsp3) is 0.0667. The average Bonchev–Trinajstić information content (AvgIpc) is 3.47. The van der Waals surface area contributed by atoms with Crippen LogP contribution in [-0.4, -0.2) is 34.1 Å². The molecule has 2 aromatic carbocycles.